The van der Waals surface area contributed by atoms with E-state index in [2.05, 4.69) is 5.32 Å². The molecular formula is C14H13ClN2O3. The topological polar surface area (TPSA) is 71.3 Å². The minimum Gasteiger partial charge on any atom is -0.478 e. The third-order valence-corrected chi connectivity index (χ3v) is 3.13. The largest absolute Gasteiger partial charge is 0.478 e. The van der Waals surface area contributed by atoms with Crippen molar-refractivity contribution in [2.75, 3.05) is 5.32 Å². The smallest absolute Gasteiger partial charge is 0.335 e. The Balaban J connectivity index is 2.22. The first-order valence-corrected chi connectivity index (χ1v) is 6.23. The lowest BCUT2D eigenvalue weighted by Crippen LogP contribution is -2.15. The molecule has 5 nitrogen and oxygen atoms in total. The molecule has 0 atom stereocenters. The van der Waals surface area contributed by atoms with Gasteiger partial charge in [-0.15, -0.1) is 0 Å². The first-order valence-electron chi connectivity index (χ1n) is 5.85. The van der Waals surface area contributed by atoms with Crippen LogP contribution in [0.3, 0.4) is 0 Å². The van der Waals surface area contributed by atoms with E-state index in [-0.39, 0.29) is 11.5 Å². The molecule has 0 saturated carbocycles. The zero-order valence-corrected chi connectivity index (χ0v) is 11.7. The van der Waals surface area contributed by atoms with Crippen molar-refractivity contribution in [3.05, 3.63) is 52.3 Å². The summed E-state index contributed by atoms with van der Waals surface area (Å²) in [4.78, 5) is 23.0. The maximum absolute atomic E-state index is 12.1. The van der Waals surface area contributed by atoms with Crippen LogP contribution in [0.4, 0.5) is 5.69 Å². The number of aromatic nitrogens is 1. The zero-order valence-electron chi connectivity index (χ0n) is 11.0. The molecule has 2 rings (SSSR count). The molecule has 1 aromatic heterocycles. The molecule has 1 amide bonds. The van der Waals surface area contributed by atoms with Gasteiger partial charge in [-0.25, -0.2) is 4.79 Å². The number of rotatable bonds is 3. The van der Waals surface area contributed by atoms with Crippen molar-refractivity contribution in [3.8, 4) is 0 Å². The molecule has 0 radical (unpaired) electrons. The van der Waals surface area contributed by atoms with Crippen molar-refractivity contribution in [1.82, 2.24) is 4.57 Å². The predicted molar refractivity (Wildman–Crippen MR) is 76.5 cm³/mol. The fourth-order valence-electron chi connectivity index (χ4n) is 1.93. The summed E-state index contributed by atoms with van der Waals surface area (Å²) in [6, 6.07) is 6.20. The summed E-state index contributed by atoms with van der Waals surface area (Å²) in [5.74, 6) is -1.29. The Hall–Kier alpha value is -2.27. The van der Waals surface area contributed by atoms with Crippen molar-refractivity contribution in [3.63, 3.8) is 0 Å². The molecular weight excluding hydrogens is 280 g/mol. The van der Waals surface area contributed by atoms with E-state index in [4.69, 9.17) is 16.7 Å². The third-order valence-electron chi connectivity index (χ3n) is 2.92. The second-order valence-electron chi connectivity index (χ2n) is 4.44. The van der Waals surface area contributed by atoms with Crippen LogP contribution in [0, 0.1) is 6.92 Å². The minimum absolute atomic E-state index is 0.213. The van der Waals surface area contributed by atoms with Crippen molar-refractivity contribution >= 4 is 29.2 Å². The second-order valence-corrected chi connectivity index (χ2v) is 4.88. The van der Waals surface area contributed by atoms with E-state index in [9.17, 15) is 9.59 Å². The number of anilines is 1. The molecule has 0 unspecified atom stereocenters. The van der Waals surface area contributed by atoms with Crippen LogP contribution in [0.15, 0.2) is 30.5 Å². The molecule has 0 bridgehead atoms. The number of hydrogen-bond donors (Lipinski definition) is 2. The Bertz CT molecular complexity index is 692. The van der Waals surface area contributed by atoms with Gasteiger partial charge >= 0.3 is 5.97 Å². The first kappa shape index (κ1) is 14.1. The van der Waals surface area contributed by atoms with E-state index in [1.54, 1.807) is 42.9 Å². The Morgan fingerprint density at radius 3 is 2.50 bits per heavy atom. The maximum atomic E-state index is 12.1. The van der Waals surface area contributed by atoms with Crippen molar-refractivity contribution in [2.24, 2.45) is 7.05 Å². The van der Waals surface area contributed by atoms with Gasteiger partial charge in [0, 0.05) is 18.9 Å². The number of carboxylic acid groups (broad SMARTS) is 1. The van der Waals surface area contributed by atoms with Crippen molar-refractivity contribution in [1.29, 1.82) is 0 Å². The van der Waals surface area contributed by atoms with Gasteiger partial charge in [-0.1, -0.05) is 11.6 Å². The molecule has 104 valence electrons. The van der Waals surface area contributed by atoms with Gasteiger partial charge in [-0.2, -0.15) is 0 Å². The highest BCUT2D eigenvalue weighted by Gasteiger charge is 2.13. The maximum Gasteiger partial charge on any atom is 0.335 e. The molecule has 0 aliphatic heterocycles. The summed E-state index contributed by atoms with van der Waals surface area (Å²) in [5.41, 5.74) is 1.76. The lowest BCUT2D eigenvalue weighted by atomic mass is 10.1. The van der Waals surface area contributed by atoms with Crippen LogP contribution in [-0.4, -0.2) is 21.6 Å². The molecule has 20 heavy (non-hydrogen) atoms. The standard InChI is InChI=1S/C14H13ClN2O3/c1-8-5-10(3-4-11(8)14(19)20)16-13(18)12-6-9(15)7-17(12)2/h3-7H,1-2H3,(H,16,18)(H,19,20). The lowest BCUT2D eigenvalue weighted by Gasteiger charge is -2.08. The summed E-state index contributed by atoms with van der Waals surface area (Å²) in [5, 5.41) is 12.1. The lowest BCUT2D eigenvalue weighted by molar-refractivity contribution is 0.0696. The molecule has 2 aromatic rings. The predicted octanol–water partition coefficient (Wildman–Crippen LogP) is 2.94. The number of nitrogens with one attached hydrogen (secondary N) is 1. The average Bonchev–Trinajstić information content (AvgIpc) is 2.68. The summed E-state index contributed by atoms with van der Waals surface area (Å²) in [6.45, 7) is 1.68. The summed E-state index contributed by atoms with van der Waals surface area (Å²) in [6.07, 6.45) is 1.63. The SMILES string of the molecule is Cc1cc(NC(=O)c2cc(Cl)cn2C)ccc1C(=O)O. The molecule has 2 N–H and O–H groups in total. The fraction of sp³-hybridized carbons (Fsp3) is 0.143. The molecule has 0 saturated heterocycles. The van der Waals surface area contributed by atoms with Crippen LogP contribution in [-0.2, 0) is 7.05 Å². The fourth-order valence-corrected chi connectivity index (χ4v) is 2.18. The van der Waals surface area contributed by atoms with Gasteiger partial charge < -0.3 is 15.0 Å². The van der Waals surface area contributed by atoms with Gasteiger partial charge in [0.25, 0.3) is 5.91 Å². The van der Waals surface area contributed by atoms with Crippen LogP contribution in [0.5, 0.6) is 0 Å². The van der Waals surface area contributed by atoms with E-state index in [1.807, 2.05) is 0 Å². The molecule has 1 aromatic carbocycles. The number of aromatic carboxylic acids is 1. The number of amides is 1. The Morgan fingerprint density at radius 1 is 1.30 bits per heavy atom. The molecule has 0 aliphatic rings. The number of benzene rings is 1. The molecule has 0 fully saturated rings. The van der Waals surface area contributed by atoms with Crippen LogP contribution in [0.25, 0.3) is 0 Å². The first-order chi connectivity index (χ1) is 9.38. The van der Waals surface area contributed by atoms with E-state index >= 15 is 0 Å². The highest BCUT2D eigenvalue weighted by molar-refractivity contribution is 6.31. The van der Waals surface area contributed by atoms with Gasteiger partial charge in [0.1, 0.15) is 5.69 Å². The van der Waals surface area contributed by atoms with Crippen molar-refractivity contribution in [2.45, 2.75) is 6.92 Å². The van der Waals surface area contributed by atoms with E-state index in [1.165, 1.54) is 6.07 Å². The van der Waals surface area contributed by atoms with E-state index < -0.39 is 5.97 Å². The van der Waals surface area contributed by atoms with Crippen LogP contribution < -0.4 is 5.32 Å². The van der Waals surface area contributed by atoms with Crippen LogP contribution in [0.2, 0.25) is 5.02 Å². The Kier molecular flexibility index (Phi) is 3.81. The monoisotopic (exact) mass is 292 g/mol. The Morgan fingerprint density at radius 2 is 2.00 bits per heavy atom. The van der Waals surface area contributed by atoms with E-state index in [0.717, 1.165) is 0 Å². The number of carbonyl (C=O) groups is 2. The average molecular weight is 293 g/mol. The molecule has 1 heterocycles. The zero-order chi connectivity index (χ0) is 14.9. The Labute approximate surface area is 120 Å². The summed E-state index contributed by atoms with van der Waals surface area (Å²) < 4.78 is 1.62. The number of carboxylic acids is 1. The van der Waals surface area contributed by atoms with Gasteiger partial charge in [0.15, 0.2) is 0 Å². The minimum atomic E-state index is -0.991. The molecule has 0 aliphatic carbocycles. The third kappa shape index (κ3) is 2.83. The van der Waals surface area contributed by atoms with Crippen LogP contribution in [0.1, 0.15) is 26.4 Å². The number of aryl methyl sites for hydroxylation is 2. The highest BCUT2D eigenvalue weighted by Crippen LogP contribution is 2.18. The van der Waals surface area contributed by atoms with Gasteiger partial charge in [0.2, 0.25) is 0 Å². The molecule has 0 spiro atoms. The number of nitrogens with zero attached hydrogens (tertiary/aromatic N) is 1. The molecule has 6 heteroatoms. The van der Waals surface area contributed by atoms with Gasteiger partial charge in [0.05, 0.1) is 10.6 Å². The second kappa shape index (κ2) is 5.38. The number of carbonyl (C=O) groups excluding carboxylic acids is 1. The van der Waals surface area contributed by atoms with Crippen molar-refractivity contribution < 1.29 is 14.7 Å². The number of halogens is 1. The van der Waals surface area contributed by atoms with Gasteiger partial charge in [-0.05, 0) is 36.8 Å². The van der Waals surface area contributed by atoms with E-state index in [0.29, 0.717) is 22.0 Å². The summed E-state index contributed by atoms with van der Waals surface area (Å²) in [7, 11) is 1.72. The van der Waals surface area contributed by atoms with Crippen LogP contribution >= 0.6 is 11.6 Å². The highest BCUT2D eigenvalue weighted by atomic mass is 35.5. The quantitative estimate of drug-likeness (QED) is 0.913. The summed E-state index contributed by atoms with van der Waals surface area (Å²) >= 11 is 5.83. The number of hydrogen-bond acceptors (Lipinski definition) is 2. The van der Waals surface area contributed by atoms with Gasteiger partial charge in [-0.3, -0.25) is 4.79 Å². The normalized spacial score (nSPS) is 10.3.